The Morgan fingerprint density at radius 3 is 2.50 bits per heavy atom. The van der Waals surface area contributed by atoms with E-state index in [4.69, 9.17) is 11.6 Å². The molecule has 2 N–H and O–H groups in total. The van der Waals surface area contributed by atoms with Gasteiger partial charge in [0.1, 0.15) is 5.82 Å². The number of benzene rings is 2. The topological polar surface area (TPSA) is 78.1 Å². The maximum atomic E-state index is 13.9. The Kier molecular flexibility index (Phi) is 8.21. The van der Waals surface area contributed by atoms with Crippen LogP contribution in [0.25, 0.3) is 33.5 Å². The third-order valence-electron chi connectivity index (χ3n) is 7.17. The summed E-state index contributed by atoms with van der Waals surface area (Å²) in [5.41, 5.74) is 8.21. The second-order valence-electron chi connectivity index (χ2n) is 9.53. The number of pyridine rings is 1. The lowest BCUT2D eigenvalue weighted by atomic mass is 9.92. The van der Waals surface area contributed by atoms with Gasteiger partial charge < -0.3 is 9.88 Å². The van der Waals surface area contributed by atoms with Crippen LogP contribution in [-0.4, -0.2) is 43.4 Å². The summed E-state index contributed by atoms with van der Waals surface area (Å²) < 4.78 is 40.4. The number of hydrogen-bond donors (Lipinski definition) is 2. The monoisotopic (exact) mass is 576 g/mol. The van der Waals surface area contributed by atoms with Crippen molar-refractivity contribution >= 4 is 32.8 Å². The summed E-state index contributed by atoms with van der Waals surface area (Å²) in [6.45, 7) is 3.67. The summed E-state index contributed by atoms with van der Waals surface area (Å²) in [5.74, 6) is -0.448. The molecular weight excluding hydrogens is 547 g/mol. The minimum Gasteiger partial charge on any atom is -0.373 e. The highest BCUT2D eigenvalue weighted by Crippen LogP contribution is 2.40. The third kappa shape index (κ3) is 5.75. The molecule has 2 aromatic carbocycles. The Bertz CT molecular complexity index is 1680. The number of rotatable bonds is 8. The van der Waals surface area contributed by atoms with Crippen LogP contribution in [0.15, 0.2) is 90.4 Å². The molecule has 0 spiro atoms. The SMILES string of the molecule is CCC(=CN1CC=C(c2c[nH]c(-c3ccc(F)c(Cl)c3)c2-c2ccncc2)CC1)c1ccc(S(=O)(=O)NC)cc1. The standard InChI is InChI=1S/C31H30ClFN4O2S/c1-3-21(22-4-7-26(8-5-22)40(38,39)34-2)20-37-16-12-23(13-17-37)27-19-36-31(25-6-9-29(33)28(32)18-25)30(27)24-10-14-35-15-11-24/h4-12,14-15,18-20,34,36H,3,13,16-17H2,1-2H3. The highest BCUT2D eigenvalue weighted by Gasteiger charge is 2.21. The molecular formula is C31H30ClFN4O2S. The number of aromatic nitrogens is 2. The molecule has 2 aromatic heterocycles. The van der Waals surface area contributed by atoms with E-state index in [2.05, 4.69) is 38.8 Å². The molecule has 0 amide bonds. The van der Waals surface area contributed by atoms with Crippen LogP contribution in [0.2, 0.25) is 5.02 Å². The van der Waals surface area contributed by atoms with Crippen molar-refractivity contribution in [3.05, 3.63) is 107 Å². The van der Waals surface area contributed by atoms with Gasteiger partial charge in [-0.25, -0.2) is 17.5 Å². The van der Waals surface area contributed by atoms with E-state index in [0.717, 1.165) is 65.0 Å². The highest BCUT2D eigenvalue weighted by molar-refractivity contribution is 7.89. The van der Waals surface area contributed by atoms with E-state index < -0.39 is 15.8 Å². The molecule has 1 aliphatic rings. The second kappa shape index (κ2) is 11.8. The minimum atomic E-state index is -3.47. The summed E-state index contributed by atoms with van der Waals surface area (Å²) >= 11 is 6.11. The lowest BCUT2D eigenvalue weighted by molar-refractivity contribution is 0.415. The van der Waals surface area contributed by atoms with Crippen LogP contribution in [0.4, 0.5) is 4.39 Å². The summed E-state index contributed by atoms with van der Waals surface area (Å²) in [6, 6.07) is 15.7. The maximum absolute atomic E-state index is 13.9. The van der Waals surface area contributed by atoms with Crippen molar-refractivity contribution in [3.63, 3.8) is 0 Å². The fraction of sp³-hybridized carbons (Fsp3) is 0.194. The normalized spacial score (nSPS) is 14.3. The molecule has 5 rings (SSSR count). The van der Waals surface area contributed by atoms with Crippen molar-refractivity contribution in [2.45, 2.75) is 24.7 Å². The lowest BCUT2D eigenvalue weighted by Gasteiger charge is -2.27. The van der Waals surface area contributed by atoms with Gasteiger partial charge in [-0.3, -0.25) is 4.98 Å². The lowest BCUT2D eigenvalue weighted by Crippen LogP contribution is -2.23. The van der Waals surface area contributed by atoms with E-state index in [-0.39, 0.29) is 9.92 Å². The zero-order valence-electron chi connectivity index (χ0n) is 22.3. The first-order valence-electron chi connectivity index (χ1n) is 13.1. The molecule has 40 heavy (non-hydrogen) atoms. The van der Waals surface area contributed by atoms with Gasteiger partial charge in [0.15, 0.2) is 0 Å². The smallest absolute Gasteiger partial charge is 0.240 e. The molecule has 0 radical (unpaired) electrons. The fourth-order valence-electron chi connectivity index (χ4n) is 4.98. The quantitative estimate of drug-likeness (QED) is 0.237. The van der Waals surface area contributed by atoms with Crippen molar-refractivity contribution in [3.8, 4) is 22.4 Å². The van der Waals surface area contributed by atoms with Crippen LogP contribution in [0.5, 0.6) is 0 Å². The van der Waals surface area contributed by atoms with E-state index in [9.17, 15) is 12.8 Å². The predicted octanol–water partition coefficient (Wildman–Crippen LogP) is 6.98. The molecule has 206 valence electrons. The van der Waals surface area contributed by atoms with Gasteiger partial charge >= 0.3 is 0 Å². The summed E-state index contributed by atoms with van der Waals surface area (Å²) in [6.07, 6.45) is 11.6. The largest absolute Gasteiger partial charge is 0.373 e. The van der Waals surface area contributed by atoms with Crippen LogP contribution in [-0.2, 0) is 10.0 Å². The van der Waals surface area contributed by atoms with Gasteiger partial charge in [0.05, 0.1) is 15.6 Å². The Hall–Kier alpha value is -3.72. The molecule has 0 saturated heterocycles. The molecule has 0 atom stereocenters. The van der Waals surface area contributed by atoms with Gasteiger partial charge in [0, 0.05) is 54.6 Å². The van der Waals surface area contributed by atoms with Crippen LogP contribution in [0.1, 0.15) is 30.9 Å². The molecule has 0 unspecified atom stereocenters. The Labute approximate surface area is 239 Å². The average Bonchev–Trinajstić information content (AvgIpc) is 3.43. The Morgan fingerprint density at radius 1 is 1.12 bits per heavy atom. The number of hydrogen-bond acceptors (Lipinski definition) is 4. The first-order chi connectivity index (χ1) is 19.3. The van der Waals surface area contributed by atoms with E-state index in [1.165, 1.54) is 18.7 Å². The van der Waals surface area contributed by atoms with Crippen molar-refractivity contribution < 1.29 is 12.8 Å². The Balaban J connectivity index is 1.43. The number of H-pyrrole nitrogens is 1. The number of sulfonamides is 1. The Morgan fingerprint density at radius 2 is 1.88 bits per heavy atom. The summed E-state index contributed by atoms with van der Waals surface area (Å²) in [5, 5.41) is 0.0821. The molecule has 1 aliphatic heterocycles. The van der Waals surface area contributed by atoms with Gasteiger partial charge in [0.25, 0.3) is 0 Å². The van der Waals surface area contributed by atoms with Gasteiger partial charge in [-0.2, -0.15) is 0 Å². The van der Waals surface area contributed by atoms with Crippen LogP contribution in [0.3, 0.4) is 0 Å². The number of allylic oxidation sites excluding steroid dienone is 1. The fourth-order valence-corrected chi connectivity index (χ4v) is 5.89. The van der Waals surface area contributed by atoms with Gasteiger partial charge in [-0.05, 0) is 84.6 Å². The molecule has 0 saturated carbocycles. The number of nitrogens with zero attached hydrogens (tertiary/aromatic N) is 2. The first kappa shape index (κ1) is 27.8. The molecule has 4 aromatic rings. The van der Waals surface area contributed by atoms with E-state index in [1.807, 2.05) is 30.5 Å². The van der Waals surface area contributed by atoms with Gasteiger partial charge in [-0.1, -0.05) is 36.7 Å². The number of aromatic amines is 1. The minimum absolute atomic E-state index is 0.0821. The number of nitrogens with one attached hydrogen (secondary N) is 2. The molecule has 9 heteroatoms. The van der Waals surface area contributed by atoms with E-state index >= 15 is 0 Å². The van der Waals surface area contributed by atoms with Gasteiger partial charge in [0.2, 0.25) is 10.0 Å². The average molecular weight is 577 g/mol. The second-order valence-corrected chi connectivity index (χ2v) is 11.8. The van der Waals surface area contributed by atoms with Crippen molar-refractivity contribution in [1.29, 1.82) is 0 Å². The third-order valence-corrected chi connectivity index (χ3v) is 8.89. The first-order valence-corrected chi connectivity index (χ1v) is 14.9. The van der Waals surface area contributed by atoms with Crippen molar-refractivity contribution in [1.82, 2.24) is 19.6 Å². The molecule has 6 nitrogen and oxygen atoms in total. The molecule has 0 aliphatic carbocycles. The zero-order valence-corrected chi connectivity index (χ0v) is 23.9. The molecule has 3 heterocycles. The highest BCUT2D eigenvalue weighted by atomic mass is 35.5. The van der Waals surface area contributed by atoms with E-state index in [0.29, 0.717) is 0 Å². The van der Waals surface area contributed by atoms with Crippen LogP contribution in [0, 0.1) is 5.82 Å². The van der Waals surface area contributed by atoms with Gasteiger partial charge in [-0.15, -0.1) is 0 Å². The summed E-state index contributed by atoms with van der Waals surface area (Å²) in [4.78, 5) is 10.1. The maximum Gasteiger partial charge on any atom is 0.240 e. The zero-order chi connectivity index (χ0) is 28.3. The molecule has 0 bridgehead atoms. The predicted molar refractivity (Wildman–Crippen MR) is 160 cm³/mol. The summed E-state index contributed by atoms with van der Waals surface area (Å²) in [7, 11) is -2.06. The van der Waals surface area contributed by atoms with E-state index in [1.54, 1.807) is 36.7 Å². The van der Waals surface area contributed by atoms with Crippen LogP contribution < -0.4 is 4.72 Å². The van der Waals surface area contributed by atoms with Crippen molar-refractivity contribution in [2.24, 2.45) is 0 Å². The molecule has 0 fully saturated rings. The number of halogens is 2. The van der Waals surface area contributed by atoms with Crippen LogP contribution >= 0.6 is 11.6 Å². The van der Waals surface area contributed by atoms with Crippen molar-refractivity contribution in [2.75, 3.05) is 20.1 Å².